The van der Waals surface area contributed by atoms with Crippen LogP contribution in [0.4, 0.5) is 5.13 Å². The van der Waals surface area contributed by atoms with E-state index in [0.29, 0.717) is 17.2 Å². The second-order valence-electron chi connectivity index (χ2n) is 8.87. The van der Waals surface area contributed by atoms with Crippen molar-refractivity contribution in [1.82, 2.24) is 14.2 Å². The summed E-state index contributed by atoms with van der Waals surface area (Å²) in [5.41, 5.74) is 2.06. The SMILES string of the molecule is Cc1ccc(S(=O)(=O)N2CCCCC2C)cc1C(=O)Nc1nc(CN2CCCCC2)cs1. The molecule has 4 rings (SSSR count). The third-order valence-electron chi connectivity index (χ3n) is 6.41. The number of sulfonamides is 1. The molecular formula is C23H32N4O3S2. The second kappa shape index (κ2) is 9.99. The number of anilines is 1. The van der Waals surface area contributed by atoms with Gasteiger partial charge in [0.2, 0.25) is 10.0 Å². The van der Waals surface area contributed by atoms with E-state index < -0.39 is 10.0 Å². The van der Waals surface area contributed by atoms with E-state index in [1.165, 1.54) is 36.7 Å². The van der Waals surface area contributed by atoms with Crippen molar-refractivity contribution in [3.8, 4) is 0 Å². The standard InChI is InChI=1S/C23H32N4O3S2/c1-17-9-10-20(32(29,30)27-13-7-4-8-18(27)2)14-21(17)22(28)25-23-24-19(16-31-23)15-26-11-5-3-6-12-26/h9-10,14,16,18H,3-8,11-13,15H2,1-2H3,(H,24,25,28). The van der Waals surface area contributed by atoms with Crippen molar-refractivity contribution in [1.29, 1.82) is 0 Å². The lowest BCUT2D eigenvalue weighted by atomic mass is 10.1. The fraction of sp³-hybridized carbons (Fsp3) is 0.565. The van der Waals surface area contributed by atoms with Crippen LogP contribution in [0.2, 0.25) is 0 Å². The topological polar surface area (TPSA) is 82.6 Å². The van der Waals surface area contributed by atoms with Gasteiger partial charge in [0.15, 0.2) is 5.13 Å². The van der Waals surface area contributed by atoms with Crippen LogP contribution in [0.1, 0.15) is 67.1 Å². The molecule has 0 bridgehead atoms. The highest BCUT2D eigenvalue weighted by molar-refractivity contribution is 7.89. The maximum atomic E-state index is 13.2. The molecule has 1 atom stereocenters. The van der Waals surface area contributed by atoms with Gasteiger partial charge in [0.05, 0.1) is 10.6 Å². The van der Waals surface area contributed by atoms with Crippen LogP contribution in [0.25, 0.3) is 0 Å². The van der Waals surface area contributed by atoms with Gasteiger partial charge in [-0.1, -0.05) is 18.9 Å². The molecule has 1 unspecified atom stereocenters. The van der Waals surface area contributed by atoms with E-state index in [0.717, 1.165) is 50.2 Å². The number of aromatic nitrogens is 1. The Bertz CT molecular complexity index is 1060. The highest BCUT2D eigenvalue weighted by atomic mass is 32.2. The van der Waals surface area contributed by atoms with Crippen molar-refractivity contribution in [3.63, 3.8) is 0 Å². The minimum Gasteiger partial charge on any atom is -0.298 e. The zero-order valence-corrected chi connectivity index (χ0v) is 20.5. The molecule has 0 radical (unpaired) electrons. The third-order valence-corrected chi connectivity index (χ3v) is 9.22. The fourth-order valence-electron chi connectivity index (χ4n) is 4.52. The van der Waals surface area contributed by atoms with Crippen LogP contribution in [0.3, 0.4) is 0 Å². The Morgan fingerprint density at radius 3 is 2.66 bits per heavy atom. The summed E-state index contributed by atoms with van der Waals surface area (Å²) < 4.78 is 28.0. The number of piperidine rings is 2. The summed E-state index contributed by atoms with van der Waals surface area (Å²) in [5.74, 6) is -0.329. The van der Waals surface area contributed by atoms with Gasteiger partial charge in [-0.15, -0.1) is 11.3 Å². The lowest BCUT2D eigenvalue weighted by Crippen LogP contribution is -2.42. The van der Waals surface area contributed by atoms with Crippen molar-refractivity contribution in [2.24, 2.45) is 0 Å². The molecule has 1 aromatic heterocycles. The molecule has 1 N–H and O–H groups in total. The number of carbonyl (C=O) groups is 1. The lowest BCUT2D eigenvalue weighted by molar-refractivity contribution is 0.102. The van der Waals surface area contributed by atoms with Crippen LogP contribution in [0.15, 0.2) is 28.5 Å². The molecule has 2 aliphatic heterocycles. The van der Waals surface area contributed by atoms with Crippen LogP contribution in [0.5, 0.6) is 0 Å². The Morgan fingerprint density at radius 2 is 1.91 bits per heavy atom. The Balaban J connectivity index is 1.48. The Hall–Kier alpha value is -1.81. The molecule has 2 aliphatic rings. The fourth-order valence-corrected chi connectivity index (χ4v) is 6.94. The first-order valence-electron chi connectivity index (χ1n) is 11.5. The summed E-state index contributed by atoms with van der Waals surface area (Å²) in [6, 6.07) is 4.79. The molecule has 7 nitrogen and oxygen atoms in total. The number of nitrogens with zero attached hydrogens (tertiary/aromatic N) is 3. The van der Waals surface area contributed by atoms with Crippen LogP contribution < -0.4 is 5.32 Å². The van der Waals surface area contributed by atoms with Crippen LogP contribution in [0, 0.1) is 6.92 Å². The first kappa shape index (κ1) is 23.4. The Morgan fingerprint density at radius 1 is 1.16 bits per heavy atom. The molecular weight excluding hydrogens is 444 g/mol. The van der Waals surface area contributed by atoms with E-state index in [9.17, 15) is 13.2 Å². The molecule has 1 aromatic carbocycles. The molecule has 9 heteroatoms. The monoisotopic (exact) mass is 476 g/mol. The van der Waals surface area contributed by atoms with Gasteiger partial charge in [-0.3, -0.25) is 15.0 Å². The summed E-state index contributed by atoms with van der Waals surface area (Å²) in [6.45, 7) is 7.27. The first-order valence-corrected chi connectivity index (χ1v) is 13.8. The molecule has 0 aliphatic carbocycles. The zero-order chi connectivity index (χ0) is 22.7. The molecule has 2 saturated heterocycles. The number of benzene rings is 1. The summed E-state index contributed by atoms with van der Waals surface area (Å²) in [5, 5.41) is 5.39. The quantitative estimate of drug-likeness (QED) is 0.674. The van der Waals surface area contributed by atoms with Gasteiger partial charge < -0.3 is 0 Å². The molecule has 1 amide bonds. The molecule has 0 saturated carbocycles. The van der Waals surface area contributed by atoms with Crippen LogP contribution in [-0.2, 0) is 16.6 Å². The van der Waals surface area contributed by atoms with Crippen LogP contribution >= 0.6 is 11.3 Å². The second-order valence-corrected chi connectivity index (χ2v) is 11.6. The van der Waals surface area contributed by atoms with Gasteiger partial charge in [-0.05, 0) is 70.3 Å². The van der Waals surface area contributed by atoms with E-state index >= 15 is 0 Å². The summed E-state index contributed by atoms with van der Waals surface area (Å²) in [6.07, 6.45) is 6.52. The van der Waals surface area contributed by atoms with Gasteiger partial charge in [0.1, 0.15) is 0 Å². The predicted molar refractivity (Wildman–Crippen MR) is 128 cm³/mol. The van der Waals surface area contributed by atoms with Crippen molar-refractivity contribution >= 4 is 32.4 Å². The average molecular weight is 477 g/mol. The molecule has 2 aromatic rings. The van der Waals surface area contributed by atoms with E-state index in [-0.39, 0.29) is 16.8 Å². The average Bonchev–Trinajstić information content (AvgIpc) is 3.21. The van der Waals surface area contributed by atoms with Crippen LogP contribution in [-0.4, -0.2) is 54.2 Å². The largest absolute Gasteiger partial charge is 0.298 e. The maximum absolute atomic E-state index is 13.2. The number of rotatable bonds is 6. The zero-order valence-electron chi connectivity index (χ0n) is 18.8. The van der Waals surface area contributed by atoms with E-state index in [2.05, 4.69) is 15.2 Å². The van der Waals surface area contributed by atoms with Crippen molar-refractivity contribution < 1.29 is 13.2 Å². The smallest absolute Gasteiger partial charge is 0.257 e. The molecule has 2 fully saturated rings. The number of nitrogens with one attached hydrogen (secondary N) is 1. The van der Waals surface area contributed by atoms with E-state index in [1.54, 1.807) is 16.4 Å². The maximum Gasteiger partial charge on any atom is 0.257 e. The minimum absolute atomic E-state index is 0.0269. The first-order chi connectivity index (χ1) is 15.3. The summed E-state index contributed by atoms with van der Waals surface area (Å²) in [7, 11) is -3.63. The summed E-state index contributed by atoms with van der Waals surface area (Å²) >= 11 is 1.40. The lowest BCUT2D eigenvalue weighted by Gasteiger charge is -2.32. The highest BCUT2D eigenvalue weighted by Crippen LogP contribution is 2.27. The van der Waals surface area contributed by atoms with Gasteiger partial charge in [0.25, 0.3) is 5.91 Å². The Kier molecular flexibility index (Phi) is 7.29. The molecule has 174 valence electrons. The third kappa shape index (κ3) is 5.22. The highest BCUT2D eigenvalue weighted by Gasteiger charge is 2.31. The molecule has 3 heterocycles. The summed E-state index contributed by atoms with van der Waals surface area (Å²) in [4.78, 5) is 20.1. The Labute approximate surface area is 194 Å². The predicted octanol–water partition coefficient (Wildman–Crippen LogP) is 4.25. The number of likely N-dealkylation sites (tertiary alicyclic amines) is 1. The van der Waals surface area contributed by atoms with Gasteiger partial charge >= 0.3 is 0 Å². The van der Waals surface area contributed by atoms with Gasteiger partial charge in [-0.25, -0.2) is 13.4 Å². The molecule has 0 spiro atoms. The van der Waals surface area contributed by atoms with Crippen molar-refractivity contribution in [2.75, 3.05) is 25.0 Å². The van der Waals surface area contributed by atoms with E-state index in [1.807, 2.05) is 19.2 Å². The normalized spacial score (nSPS) is 20.9. The van der Waals surface area contributed by atoms with E-state index in [4.69, 9.17) is 0 Å². The number of hydrogen-bond acceptors (Lipinski definition) is 6. The van der Waals surface area contributed by atoms with Gasteiger partial charge in [0, 0.05) is 30.1 Å². The number of thiazole rings is 1. The minimum atomic E-state index is -3.63. The number of carbonyl (C=O) groups excluding carboxylic acids is 1. The number of aryl methyl sites for hydroxylation is 1. The molecule has 32 heavy (non-hydrogen) atoms. The van der Waals surface area contributed by atoms with Crippen molar-refractivity contribution in [2.45, 2.75) is 69.9 Å². The van der Waals surface area contributed by atoms with Gasteiger partial charge in [-0.2, -0.15) is 4.31 Å². The number of amides is 1. The number of hydrogen-bond donors (Lipinski definition) is 1. The van der Waals surface area contributed by atoms with Crippen molar-refractivity contribution in [3.05, 3.63) is 40.4 Å².